The second-order valence-electron chi connectivity index (χ2n) is 20.5. The van der Waals surface area contributed by atoms with Crippen molar-refractivity contribution in [3.63, 3.8) is 0 Å². The van der Waals surface area contributed by atoms with Crippen LogP contribution in [0.1, 0.15) is 278 Å². The number of ether oxygens (including phenoxy) is 3. The monoisotopic (exact) mass is 1060 g/mol. The van der Waals surface area contributed by atoms with Gasteiger partial charge in [0.25, 0.3) is 0 Å². The Balaban J connectivity index is 4.32. The van der Waals surface area contributed by atoms with E-state index in [0.29, 0.717) is 19.3 Å². The lowest BCUT2D eigenvalue weighted by Gasteiger charge is -2.18. The minimum absolute atomic E-state index is 0.0920. The molecule has 0 rings (SSSR count). The van der Waals surface area contributed by atoms with Gasteiger partial charge in [0.15, 0.2) is 6.10 Å². The Labute approximate surface area is 475 Å². The van der Waals surface area contributed by atoms with E-state index < -0.39 is 6.10 Å². The van der Waals surface area contributed by atoms with Gasteiger partial charge in [-0.1, -0.05) is 264 Å². The van der Waals surface area contributed by atoms with Crippen LogP contribution in [0.4, 0.5) is 0 Å². The molecule has 6 nitrogen and oxygen atoms in total. The summed E-state index contributed by atoms with van der Waals surface area (Å²) < 4.78 is 16.9. The minimum atomic E-state index is -0.796. The van der Waals surface area contributed by atoms with E-state index in [-0.39, 0.29) is 31.1 Å². The molecule has 0 aromatic carbocycles. The summed E-state index contributed by atoms with van der Waals surface area (Å²) in [5.41, 5.74) is 0. The van der Waals surface area contributed by atoms with E-state index in [4.69, 9.17) is 14.2 Å². The van der Waals surface area contributed by atoms with Gasteiger partial charge in [-0.3, -0.25) is 14.4 Å². The van der Waals surface area contributed by atoms with Crippen LogP contribution in [0.15, 0.2) is 134 Å². The molecule has 0 N–H and O–H groups in total. The highest BCUT2D eigenvalue weighted by molar-refractivity contribution is 5.71. The highest BCUT2D eigenvalue weighted by Gasteiger charge is 2.19. The predicted octanol–water partition coefficient (Wildman–Crippen LogP) is 21.8. The van der Waals surface area contributed by atoms with E-state index in [1.165, 1.54) is 83.5 Å². The van der Waals surface area contributed by atoms with Crippen molar-refractivity contribution in [1.29, 1.82) is 0 Å². The maximum absolute atomic E-state index is 12.9. The SMILES string of the molecule is CC/C=C\C/C=C\C/C=C\C/C=C\C/C=C\C/C=C\CCCCCCCCCCCCC(=O)OCC(COC(=O)CCCCCCC/C=C\C/C=C\CCC)OC(=O)CCCCCCCCC/C=C\C/C=C\C/C=C\CC. The van der Waals surface area contributed by atoms with Crippen molar-refractivity contribution in [2.75, 3.05) is 13.2 Å². The lowest BCUT2D eigenvalue weighted by molar-refractivity contribution is -0.167. The summed E-state index contributed by atoms with van der Waals surface area (Å²) in [5, 5.41) is 0. The van der Waals surface area contributed by atoms with Crippen LogP contribution in [0.3, 0.4) is 0 Å². The van der Waals surface area contributed by atoms with Gasteiger partial charge < -0.3 is 14.2 Å². The number of allylic oxidation sites excluding steroid dienone is 22. The van der Waals surface area contributed by atoms with Crippen molar-refractivity contribution in [3.8, 4) is 0 Å². The third kappa shape index (κ3) is 62.3. The number of hydrogen-bond acceptors (Lipinski definition) is 6. The minimum Gasteiger partial charge on any atom is -0.462 e. The highest BCUT2D eigenvalue weighted by atomic mass is 16.6. The molecule has 6 heteroatoms. The smallest absolute Gasteiger partial charge is 0.306 e. The maximum atomic E-state index is 12.9. The fraction of sp³-hybridized carbons (Fsp3) is 0.648. The quantitative estimate of drug-likeness (QED) is 0.0261. The Morgan fingerprint density at radius 3 is 0.792 bits per heavy atom. The number of carbonyl (C=O) groups excluding carboxylic acids is 3. The van der Waals surface area contributed by atoms with Gasteiger partial charge in [0.05, 0.1) is 0 Å². The number of carbonyl (C=O) groups is 3. The number of unbranched alkanes of at least 4 members (excludes halogenated alkanes) is 23. The molecule has 0 bridgehead atoms. The first-order chi connectivity index (χ1) is 38.0. The van der Waals surface area contributed by atoms with Crippen LogP contribution in [0, 0.1) is 0 Å². The maximum Gasteiger partial charge on any atom is 0.306 e. The molecule has 0 saturated carbocycles. The zero-order valence-electron chi connectivity index (χ0n) is 49.9. The molecule has 0 aliphatic carbocycles. The molecule has 0 aliphatic rings. The molecule has 0 aromatic heterocycles. The molecular formula is C71H116O6. The van der Waals surface area contributed by atoms with Gasteiger partial charge in [0.1, 0.15) is 13.2 Å². The molecule has 0 aromatic rings. The van der Waals surface area contributed by atoms with Gasteiger partial charge in [-0.05, 0) is 128 Å². The summed E-state index contributed by atoms with van der Waals surface area (Å²) >= 11 is 0. The van der Waals surface area contributed by atoms with Crippen LogP contribution < -0.4 is 0 Å². The standard InChI is InChI=1S/C71H116O6/c1-4-7-10-13-16-19-22-25-27-29-30-31-32-33-34-35-36-37-38-39-40-42-43-46-49-52-55-58-61-64-70(73)76-67-68(66-75-69(72)63-60-57-54-51-48-45-24-21-18-15-12-9-6-3)77-71(74)65-62-59-56-53-50-47-44-41-28-26-23-20-17-14-11-8-5-2/h7-8,10-12,15-17,19-21,24-28,30-31,33-34,36-37,68H,4-6,9,13-14,18,22-23,29,32,35,38-67H2,1-3H3/b10-7-,11-8-,15-12-,19-16-,20-17-,24-21-,27-25-,28-26-,31-30-,34-33-,37-36-. The Morgan fingerprint density at radius 1 is 0.273 bits per heavy atom. The van der Waals surface area contributed by atoms with Crippen LogP contribution in [-0.4, -0.2) is 37.2 Å². The van der Waals surface area contributed by atoms with E-state index in [0.717, 1.165) is 154 Å². The highest BCUT2D eigenvalue weighted by Crippen LogP contribution is 2.15. The molecule has 0 fully saturated rings. The van der Waals surface area contributed by atoms with E-state index in [1.807, 2.05) is 0 Å². The molecule has 436 valence electrons. The van der Waals surface area contributed by atoms with Crippen molar-refractivity contribution in [2.24, 2.45) is 0 Å². The van der Waals surface area contributed by atoms with Gasteiger partial charge in [-0.15, -0.1) is 0 Å². The number of hydrogen-bond donors (Lipinski definition) is 0. The van der Waals surface area contributed by atoms with Gasteiger partial charge in [0.2, 0.25) is 0 Å². The second kappa shape index (κ2) is 64.1. The zero-order chi connectivity index (χ0) is 55.7. The zero-order valence-corrected chi connectivity index (χ0v) is 49.9. The van der Waals surface area contributed by atoms with Gasteiger partial charge in [-0.25, -0.2) is 0 Å². The third-order valence-corrected chi connectivity index (χ3v) is 13.1. The summed E-state index contributed by atoms with van der Waals surface area (Å²) in [6.07, 6.45) is 90.3. The summed E-state index contributed by atoms with van der Waals surface area (Å²) in [4.78, 5) is 38.3. The van der Waals surface area contributed by atoms with E-state index in [9.17, 15) is 14.4 Å². The third-order valence-electron chi connectivity index (χ3n) is 13.1. The molecule has 1 unspecified atom stereocenters. The topological polar surface area (TPSA) is 78.9 Å². The van der Waals surface area contributed by atoms with Crippen LogP contribution >= 0.6 is 0 Å². The fourth-order valence-corrected chi connectivity index (χ4v) is 8.44. The van der Waals surface area contributed by atoms with Crippen LogP contribution in [-0.2, 0) is 28.6 Å². The number of esters is 3. The Bertz CT molecular complexity index is 1650. The van der Waals surface area contributed by atoms with Crippen molar-refractivity contribution in [2.45, 2.75) is 284 Å². The Kier molecular flexibility index (Phi) is 60.4. The fourth-order valence-electron chi connectivity index (χ4n) is 8.44. The Morgan fingerprint density at radius 2 is 0.506 bits per heavy atom. The summed E-state index contributed by atoms with van der Waals surface area (Å²) in [6, 6.07) is 0. The largest absolute Gasteiger partial charge is 0.462 e. The molecule has 1 atom stereocenters. The first-order valence-electron chi connectivity index (χ1n) is 31.7. The van der Waals surface area contributed by atoms with Crippen molar-refractivity contribution < 1.29 is 28.6 Å². The van der Waals surface area contributed by atoms with E-state index in [2.05, 4.69) is 154 Å². The lowest BCUT2D eigenvalue weighted by atomic mass is 10.1. The summed E-state index contributed by atoms with van der Waals surface area (Å²) in [7, 11) is 0. The van der Waals surface area contributed by atoms with Gasteiger partial charge in [-0.2, -0.15) is 0 Å². The van der Waals surface area contributed by atoms with E-state index in [1.54, 1.807) is 0 Å². The first kappa shape index (κ1) is 72.5. The van der Waals surface area contributed by atoms with Crippen LogP contribution in [0.25, 0.3) is 0 Å². The average Bonchev–Trinajstić information content (AvgIpc) is 3.43. The summed E-state index contributed by atoms with van der Waals surface area (Å²) in [5.74, 6) is -0.919. The molecule has 0 saturated heterocycles. The van der Waals surface area contributed by atoms with Crippen molar-refractivity contribution >= 4 is 17.9 Å². The summed E-state index contributed by atoms with van der Waals surface area (Å²) in [6.45, 7) is 6.33. The molecule has 0 amide bonds. The average molecular weight is 1070 g/mol. The molecular weight excluding hydrogens is 949 g/mol. The first-order valence-corrected chi connectivity index (χ1v) is 31.7. The number of rotatable bonds is 56. The molecule has 77 heavy (non-hydrogen) atoms. The van der Waals surface area contributed by atoms with Gasteiger partial charge in [0, 0.05) is 19.3 Å². The Hall–Kier alpha value is -4.45. The molecule has 0 radical (unpaired) electrons. The normalized spacial score (nSPS) is 13.0. The van der Waals surface area contributed by atoms with Gasteiger partial charge >= 0.3 is 17.9 Å². The molecule has 0 aliphatic heterocycles. The molecule has 0 heterocycles. The lowest BCUT2D eigenvalue weighted by Crippen LogP contribution is -2.30. The van der Waals surface area contributed by atoms with Crippen molar-refractivity contribution in [3.05, 3.63) is 134 Å². The van der Waals surface area contributed by atoms with Crippen LogP contribution in [0.5, 0.6) is 0 Å². The molecule has 0 spiro atoms. The van der Waals surface area contributed by atoms with Crippen molar-refractivity contribution in [1.82, 2.24) is 0 Å². The second-order valence-corrected chi connectivity index (χ2v) is 20.5. The van der Waals surface area contributed by atoms with Crippen LogP contribution in [0.2, 0.25) is 0 Å². The predicted molar refractivity (Wildman–Crippen MR) is 334 cm³/mol. The van der Waals surface area contributed by atoms with E-state index >= 15 is 0 Å².